The Hall–Kier alpha value is -1.56. The van der Waals surface area contributed by atoms with E-state index in [1.807, 2.05) is 0 Å². The number of unbranched alkanes of at least 4 members (excludes halogenated alkanes) is 4. The largest absolute Gasteiger partial charge is 0.462 e. The number of rotatable bonds is 8. The number of esters is 2. The van der Waals surface area contributed by atoms with Crippen molar-refractivity contribution in [1.29, 1.82) is 0 Å². The van der Waals surface area contributed by atoms with Crippen LogP contribution in [0.3, 0.4) is 0 Å². The highest BCUT2D eigenvalue weighted by atomic mass is 32.1. The maximum Gasteiger partial charge on any atom is 0.348 e. The van der Waals surface area contributed by atoms with Gasteiger partial charge in [-0.1, -0.05) is 32.6 Å². The van der Waals surface area contributed by atoms with E-state index in [9.17, 15) is 9.59 Å². The first kappa shape index (κ1) is 20.5. The van der Waals surface area contributed by atoms with Crippen molar-refractivity contribution in [3.05, 3.63) is 16.0 Å². The Balaban J connectivity index is 2.68. The Kier molecular flexibility index (Phi) is 7.73. The molecule has 2 N–H and O–H groups in total. The van der Waals surface area contributed by atoms with E-state index in [0.29, 0.717) is 17.0 Å². The van der Waals surface area contributed by atoms with Crippen LogP contribution < -0.4 is 5.73 Å². The molecule has 0 fully saturated rings. The molecular weight excluding hydrogens is 326 g/mol. The second kappa shape index (κ2) is 9.06. The van der Waals surface area contributed by atoms with Crippen LogP contribution in [0.25, 0.3) is 0 Å². The van der Waals surface area contributed by atoms with E-state index >= 15 is 0 Å². The standard InChI is InChI=1S/C18H29NO4S/c1-6-7-8-9-10-11-22-17(21)14-12(2)13(15(19)24-14)16(20)23-18(3,4)5/h6-11,19H2,1-5H3. The lowest BCUT2D eigenvalue weighted by Gasteiger charge is -2.19. The molecule has 0 radical (unpaired) electrons. The number of carbonyl (C=O) groups is 2. The fraction of sp³-hybridized carbons (Fsp3) is 0.667. The van der Waals surface area contributed by atoms with Gasteiger partial charge in [0.15, 0.2) is 0 Å². The molecule has 0 spiro atoms. The van der Waals surface area contributed by atoms with Crippen LogP contribution in [0.4, 0.5) is 5.00 Å². The summed E-state index contributed by atoms with van der Waals surface area (Å²) < 4.78 is 10.7. The average molecular weight is 356 g/mol. The third-order valence-corrected chi connectivity index (χ3v) is 4.54. The van der Waals surface area contributed by atoms with E-state index in [1.165, 1.54) is 12.8 Å². The maximum absolute atomic E-state index is 12.3. The van der Waals surface area contributed by atoms with Crippen LogP contribution in [-0.4, -0.2) is 24.1 Å². The predicted octanol–water partition coefficient (Wildman–Crippen LogP) is 4.72. The van der Waals surface area contributed by atoms with Gasteiger partial charge >= 0.3 is 11.9 Å². The number of thiophene rings is 1. The summed E-state index contributed by atoms with van der Waals surface area (Å²) in [5.41, 5.74) is 6.10. The molecule has 1 heterocycles. The van der Waals surface area contributed by atoms with Gasteiger partial charge in [-0.2, -0.15) is 0 Å². The molecular formula is C18H29NO4S. The molecule has 0 bridgehead atoms. The summed E-state index contributed by atoms with van der Waals surface area (Å²) in [5.74, 6) is -0.929. The van der Waals surface area contributed by atoms with E-state index in [0.717, 1.165) is 30.6 Å². The van der Waals surface area contributed by atoms with Crippen LogP contribution in [0.5, 0.6) is 0 Å². The monoisotopic (exact) mass is 355 g/mol. The number of nitrogen functional groups attached to an aromatic ring is 1. The van der Waals surface area contributed by atoms with Crippen LogP contribution in [0.15, 0.2) is 0 Å². The summed E-state index contributed by atoms with van der Waals surface area (Å²) in [6.07, 6.45) is 5.44. The van der Waals surface area contributed by atoms with Gasteiger partial charge in [0, 0.05) is 0 Å². The second-order valence-corrected chi connectivity index (χ2v) is 7.90. The third-order valence-electron chi connectivity index (χ3n) is 3.44. The predicted molar refractivity (Wildman–Crippen MR) is 97.7 cm³/mol. The van der Waals surface area contributed by atoms with Gasteiger partial charge in [-0.05, 0) is 39.7 Å². The second-order valence-electron chi connectivity index (χ2n) is 6.85. The van der Waals surface area contributed by atoms with Crippen molar-refractivity contribution in [2.75, 3.05) is 12.3 Å². The summed E-state index contributed by atoms with van der Waals surface area (Å²) >= 11 is 1.08. The van der Waals surface area contributed by atoms with E-state index < -0.39 is 17.5 Å². The molecule has 0 unspecified atom stereocenters. The molecule has 0 amide bonds. The van der Waals surface area contributed by atoms with Crippen molar-refractivity contribution in [1.82, 2.24) is 0 Å². The molecule has 0 atom stereocenters. The van der Waals surface area contributed by atoms with Gasteiger partial charge < -0.3 is 15.2 Å². The van der Waals surface area contributed by atoms with Crippen LogP contribution in [0.2, 0.25) is 0 Å². The first-order chi connectivity index (χ1) is 11.2. The maximum atomic E-state index is 12.3. The highest BCUT2D eigenvalue weighted by Gasteiger charge is 2.27. The highest BCUT2D eigenvalue weighted by Crippen LogP contribution is 2.32. The van der Waals surface area contributed by atoms with Gasteiger partial charge in [0.1, 0.15) is 15.5 Å². The van der Waals surface area contributed by atoms with Crippen molar-refractivity contribution < 1.29 is 19.1 Å². The topological polar surface area (TPSA) is 78.6 Å². The molecule has 0 aliphatic rings. The third kappa shape index (κ3) is 6.15. The fourth-order valence-electron chi connectivity index (χ4n) is 2.25. The van der Waals surface area contributed by atoms with Crippen LogP contribution in [-0.2, 0) is 9.47 Å². The Morgan fingerprint density at radius 1 is 1.08 bits per heavy atom. The molecule has 0 saturated carbocycles. The lowest BCUT2D eigenvalue weighted by atomic mass is 10.1. The van der Waals surface area contributed by atoms with Gasteiger partial charge in [-0.15, -0.1) is 11.3 Å². The quantitative estimate of drug-likeness (QED) is 0.539. The zero-order chi connectivity index (χ0) is 18.3. The fourth-order valence-corrected chi connectivity index (χ4v) is 3.21. The van der Waals surface area contributed by atoms with Gasteiger partial charge in [-0.25, -0.2) is 9.59 Å². The number of hydrogen-bond acceptors (Lipinski definition) is 6. The van der Waals surface area contributed by atoms with Gasteiger partial charge in [0.05, 0.1) is 12.2 Å². The zero-order valence-electron chi connectivity index (χ0n) is 15.4. The summed E-state index contributed by atoms with van der Waals surface area (Å²) in [4.78, 5) is 24.8. The Labute approximate surface area is 148 Å². The van der Waals surface area contributed by atoms with Crippen LogP contribution in [0.1, 0.15) is 85.4 Å². The highest BCUT2D eigenvalue weighted by molar-refractivity contribution is 7.18. The van der Waals surface area contributed by atoms with Crippen LogP contribution >= 0.6 is 11.3 Å². The SMILES string of the molecule is CCCCCCCOC(=O)c1sc(N)c(C(=O)OC(C)(C)C)c1C. The average Bonchev–Trinajstić information content (AvgIpc) is 2.75. The number of carbonyl (C=O) groups excluding carboxylic acids is 2. The lowest BCUT2D eigenvalue weighted by molar-refractivity contribution is 0.00705. The number of ether oxygens (including phenoxy) is 2. The molecule has 0 aliphatic carbocycles. The van der Waals surface area contributed by atoms with E-state index in [1.54, 1.807) is 27.7 Å². The van der Waals surface area contributed by atoms with Gasteiger partial charge in [0.2, 0.25) is 0 Å². The van der Waals surface area contributed by atoms with E-state index in [-0.39, 0.29) is 10.6 Å². The van der Waals surface area contributed by atoms with Crippen molar-refractivity contribution in [3.8, 4) is 0 Å². The zero-order valence-corrected chi connectivity index (χ0v) is 16.2. The summed E-state index contributed by atoms with van der Waals surface area (Å²) in [7, 11) is 0. The van der Waals surface area contributed by atoms with Crippen molar-refractivity contribution in [2.24, 2.45) is 0 Å². The molecule has 1 aromatic rings. The number of anilines is 1. The van der Waals surface area contributed by atoms with Gasteiger partial charge in [-0.3, -0.25) is 0 Å². The summed E-state index contributed by atoms with van der Waals surface area (Å²) in [6, 6.07) is 0. The summed E-state index contributed by atoms with van der Waals surface area (Å²) in [6.45, 7) is 9.61. The van der Waals surface area contributed by atoms with Crippen molar-refractivity contribution in [3.63, 3.8) is 0 Å². The molecule has 24 heavy (non-hydrogen) atoms. The molecule has 0 aromatic carbocycles. The van der Waals surface area contributed by atoms with E-state index in [2.05, 4.69) is 6.92 Å². The molecule has 0 aliphatic heterocycles. The van der Waals surface area contributed by atoms with Crippen molar-refractivity contribution >= 4 is 28.3 Å². The molecule has 0 saturated heterocycles. The van der Waals surface area contributed by atoms with Crippen LogP contribution in [0, 0.1) is 6.92 Å². The molecule has 1 rings (SSSR count). The Morgan fingerprint density at radius 2 is 1.71 bits per heavy atom. The molecule has 136 valence electrons. The smallest absolute Gasteiger partial charge is 0.348 e. The van der Waals surface area contributed by atoms with Gasteiger partial charge in [0.25, 0.3) is 0 Å². The number of nitrogens with two attached hydrogens (primary N) is 1. The molecule has 5 nitrogen and oxygen atoms in total. The minimum Gasteiger partial charge on any atom is -0.462 e. The minimum atomic E-state index is -0.614. The van der Waals surface area contributed by atoms with Crippen molar-refractivity contribution in [2.45, 2.75) is 72.3 Å². The Morgan fingerprint density at radius 3 is 2.29 bits per heavy atom. The lowest BCUT2D eigenvalue weighted by Crippen LogP contribution is -2.24. The molecule has 1 aromatic heterocycles. The van der Waals surface area contributed by atoms with E-state index in [4.69, 9.17) is 15.2 Å². The minimum absolute atomic E-state index is 0.268. The molecule has 6 heteroatoms. The first-order valence-corrected chi connectivity index (χ1v) is 9.28. The Bertz CT molecular complexity index is 572. The first-order valence-electron chi connectivity index (χ1n) is 8.46. The summed E-state index contributed by atoms with van der Waals surface area (Å²) in [5, 5.41) is 0.289. The normalized spacial score (nSPS) is 11.4. The number of hydrogen-bond donors (Lipinski definition) is 1.